The first-order valence-electron chi connectivity index (χ1n) is 6.20. The Kier molecular flexibility index (Phi) is 3.96. The molecule has 1 fully saturated rings. The van der Waals surface area contributed by atoms with Crippen molar-refractivity contribution in [2.24, 2.45) is 0 Å². The highest BCUT2D eigenvalue weighted by atomic mass is 15.2. The molecule has 1 aromatic heterocycles. The topological polar surface area (TPSA) is 33.1 Å². The van der Waals surface area contributed by atoms with Gasteiger partial charge in [0.05, 0.1) is 0 Å². The van der Waals surface area contributed by atoms with Gasteiger partial charge < -0.3 is 9.88 Å². The van der Waals surface area contributed by atoms with Gasteiger partial charge in [-0.15, -0.1) is 0 Å². The average molecular weight is 222 g/mol. The van der Waals surface area contributed by atoms with Crippen LogP contribution in [0.2, 0.25) is 0 Å². The molecule has 1 N–H and O–H groups in total. The van der Waals surface area contributed by atoms with Gasteiger partial charge in [0.25, 0.3) is 0 Å². The molecular weight excluding hydrogens is 200 g/mol. The second-order valence-corrected chi connectivity index (χ2v) is 4.59. The zero-order chi connectivity index (χ0) is 11.4. The zero-order valence-electron chi connectivity index (χ0n) is 10.3. The van der Waals surface area contributed by atoms with Crippen molar-refractivity contribution in [3.05, 3.63) is 18.2 Å². The number of aryl methyl sites for hydroxylation is 1. The van der Waals surface area contributed by atoms with E-state index in [2.05, 4.69) is 39.8 Å². The molecule has 0 radical (unpaired) electrons. The lowest BCUT2D eigenvalue weighted by atomic mass is 10.2. The van der Waals surface area contributed by atoms with E-state index < -0.39 is 0 Å². The number of hydrogen-bond acceptors (Lipinski definition) is 3. The number of hydrogen-bond donors (Lipinski definition) is 1. The third kappa shape index (κ3) is 2.83. The molecule has 0 bridgehead atoms. The molecule has 90 valence electrons. The summed E-state index contributed by atoms with van der Waals surface area (Å²) in [5.41, 5.74) is 0. The van der Waals surface area contributed by atoms with Gasteiger partial charge >= 0.3 is 0 Å². The highest BCUT2D eigenvalue weighted by Gasteiger charge is 2.15. The van der Waals surface area contributed by atoms with E-state index >= 15 is 0 Å². The minimum atomic E-state index is 0.693. The third-order valence-corrected chi connectivity index (χ3v) is 3.49. The predicted molar refractivity (Wildman–Crippen MR) is 65.5 cm³/mol. The van der Waals surface area contributed by atoms with Crippen LogP contribution in [0.5, 0.6) is 0 Å². The summed E-state index contributed by atoms with van der Waals surface area (Å²) in [6.45, 7) is 10.0. The van der Waals surface area contributed by atoms with Crippen LogP contribution in [-0.4, -0.2) is 46.7 Å². The standard InChI is InChI=1S/C12H22N4/c1-11-3-4-13-5-7-15(11)9-10-16-8-6-14-12(16)2/h6,8,11,13H,3-5,7,9-10H2,1-2H3. The molecule has 1 aliphatic heterocycles. The lowest BCUT2D eigenvalue weighted by Crippen LogP contribution is -2.36. The summed E-state index contributed by atoms with van der Waals surface area (Å²) in [5.74, 6) is 1.11. The van der Waals surface area contributed by atoms with Crippen LogP contribution >= 0.6 is 0 Å². The van der Waals surface area contributed by atoms with E-state index in [0.717, 1.165) is 38.5 Å². The second kappa shape index (κ2) is 5.46. The van der Waals surface area contributed by atoms with Gasteiger partial charge in [0.2, 0.25) is 0 Å². The highest BCUT2D eigenvalue weighted by molar-refractivity contribution is 4.88. The summed E-state index contributed by atoms with van der Waals surface area (Å²) in [6, 6.07) is 0.693. The van der Waals surface area contributed by atoms with Crippen LogP contribution in [0.15, 0.2) is 12.4 Å². The van der Waals surface area contributed by atoms with Crippen LogP contribution in [0, 0.1) is 6.92 Å². The van der Waals surface area contributed by atoms with Gasteiger partial charge in [-0.2, -0.15) is 0 Å². The molecule has 2 rings (SSSR count). The first-order valence-corrected chi connectivity index (χ1v) is 6.20. The van der Waals surface area contributed by atoms with Gasteiger partial charge in [-0.3, -0.25) is 4.90 Å². The Bertz CT molecular complexity index is 321. The van der Waals surface area contributed by atoms with Crippen molar-refractivity contribution < 1.29 is 0 Å². The number of rotatable bonds is 3. The molecular formula is C12H22N4. The number of nitrogens with one attached hydrogen (secondary N) is 1. The first kappa shape index (κ1) is 11.6. The molecule has 0 amide bonds. The van der Waals surface area contributed by atoms with Crippen LogP contribution in [-0.2, 0) is 6.54 Å². The molecule has 16 heavy (non-hydrogen) atoms. The maximum absolute atomic E-state index is 4.25. The van der Waals surface area contributed by atoms with Gasteiger partial charge in [0.1, 0.15) is 5.82 Å². The fourth-order valence-electron chi connectivity index (χ4n) is 2.27. The molecule has 2 heterocycles. The fraction of sp³-hybridized carbons (Fsp3) is 0.750. The summed E-state index contributed by atoms with van der Waals surface area (Å²) < 4.78 is 2.23. The monoisotopic (exact) mass is 222 g/mol. The van der Waals surface area contributed by atoms with E-state index in [1.54, 1.807) is 0 Å². The van der Waals surface area contributed by atoms with Crippen molar-refractivity contribution in [3.8, 4) is 0 Å². The zero-order valence-corrected chi connectivity index (χ0v) is 10.3. The van der Waals surface area contributed by atoms with Gasteiger partial charge in [-0.25, -0.2) is 4.98 Å². The van der Waals surface area contributed by atoms with Crippen molar-refractivity contribution in [1.29, 1.82) is 0 Å². The van der Waals surface area contributed by atoms with Crippen LogP contribution in [0.3, 0.4) is 0 Å². The Labute approximate surface area is 97.7 Å². The van der Waals surface area contributed by atoms with Crippen LogP contribution in [0.25, 0.3) is 0 Å². The molecule has 1 aromatic rings. The SMILES string of the molecule is Cc1nccn1CCN1CCNCCC1C. The molecule has 4 heteroatoms. The smallest absolute Gasteiger partial charge is 0.105 e. The summed E-state index contributed by atoms with van der Waals surface area (Å²) in [4.78, 5) is 6.82. The molecule has 1 atom stereocenters. The van der Waals surface area contributed by atoms with E-state index in [4.69, 9.17) is 0 Å². The molecule has 0 aromatic carbocycles. The average Bonchev–Trinajstić information content (AvgIpc) is 2.56. The third-order valence-electron chi connectivity index (χ3n) is 3.49. The maximum atomic E-state index is 4.25. The highest BCUT2D eigenvalue weighted by Crippen LogP contribution is 2.06. The molecule has 1 unspecified atom stereocenters. The Morgan fingerprint density at radius 2 is 2.31 bits per heavy atom. The van der Waals surface area contributed by atoms with E-state index in [-0.39, 0.29) is 0 Å². The van der Waals surface area contributed by atoms with Crippen molar-refractivity contribution in [2.75, 3.05) is 26.2 Å². The summed E-state index contributed by atoms with van der Waals surface area (Å²) >= 11 is 0. The minimum Gasteiger partial charge on any atom is -0.334 e. The summed E-state index contributed by atoms with van der Waals surface area (Å²) in [6.07, 6.45) is 5.20. The van der Waals surface area contributed by atoms with Crippen LogP contribution < -0.4 is 5.32 Å². The quantitative estimate of drug-likeness (QED) is 0.824. The Morgan fingerprint density at radius 1 is 1.44 bits per heavy atom. The number of aromatic nitrogens is 2. The Balaban J connectivity index is 1.86. The van der Waals surface area contributed by atoms with Gasteiger partial charge in [-0.05, 0) is 26.8 Å². The van der Waals surface area contributed by atoms with E-state index in [1.165, 1.54) is 6.42 Å². The molecule has 0 aliphatic carbocycles. The Hall–Kier alpha value is -0.870. The fourth-order valence-corrected chi connectivity index (χ4v) is 2.27. The molecule has 4 nitrogen and oxygen atoms in total. The van der Waals surface area contributed by atoms with Gasteiger partial charge in [0, 0.05) is 44.6 Å². The lowest BCUT2D eigenvalue weighted by Gasteiger charge is -2.26. The summed E-state index contributed by atoms with van der Waals surface area (Å²) in [7, 11) is 0. The second-order valence-electron chi connectivity index (χ2n) is 4.59. The first-order chi connectivity index (χ1) is 7.77. The van der Waals surface area contributed by atoms with Crippen molar-refractivity contribution in [1.82, 2.24) is 19.8 Å². The van der Waals surface area contributed by atoms with Gasteiger partial charge in [-0.1, -0.05) is 0 Å². The maximum Gasteiger partial charge on any atom is 0.105 e. The minimum absolute atomic E-state index is 0.693. The van der Waals surface area contributed by atoms with E-state index in [1.807, 2.05) is 6.20 Å². The van der Waals surface area contributed by atoms with E-state index in [0.29, 0.717) is 6.04 Å². The van der Waals surface area contributed by atoms with Crippen molar-refractivity contribution >= 4 is 0 Å². The number of imidazole rings is 1. The predicted octanol–water partition coefficient (Wildman–Crippen LogP) is 0.875. The normalized spacial score (nSPS) is 23.2. The largest absolute Gasteiger partial charge is 0.334 e. The molecule has 0 spiro atoms. The summed E-state index contributed by atoms with van der Waals surface area (Å²) in [5, 5.41) is 3.45. The van der Waals surface area contributed by atoms with Crippen molar-refractivity contribution in [3.63, 3.8) is 0 Å². The Morgan fingerprint density at radius 3 is 3.06 bits per heavy atom. The van der Waals surface area contributed by atoms with Crippen LogP contribution in [0.4, 0.5) is 0 Å². The number of nitrogens with zero attached hydrogens (tertiary/aromatic N) is 3. The van der Waals surface area contributed by atoms with Crippen molar-refractivity contribution in [2.45, 2.75) is 32.9 Å². The van der Waals surface area contributed by atoms with Gasteiger partial charge in [0.15, 0.2) is 0 Å². The lowest BCUT2D eigenvalue weighted by molar-refractivity contribution is 0.211. The molecule has 0 saturated carbocycles. The van der Waals surface area contributed by atoms with E-state index in [9.17, 15) is 0 Å². The molecule has 1 saturated heterocycles. The molecule has 1 aliphatic rings. The van der Waals surface area contributed by atoms with Crippen LogP contribution in [0.1, 0.15) is 19.2 Å².